The van der Waals surface area contributed by atoms with Crippen LogP contribution in [0.1, 0.15) is 29.3 Å². The van der Waals surface area contributed by atoms with E-state index in [1.165, 1.54) is 12.1 Å². The van der Waals surface area contributed by atoms with Crippen molar-refractivity contribution < 1.29 is 8.78 Å². The number of hydrogen-bond acceptors (Lipinski definition) is 0. The summed E-state index contributed by atoms with van der Waals surface area (Å²) in [6.45, 7) is 0. The molecule has 0 saturated heterocycles. The third-order valence-electron chi connectivity index (χ3n) is 3.07. The first-order chi connectivity index (χ1) is 9.16. The predicted molar refractivity (Wildman–Crippen MR) is 74.3 cm³/mol. The van der Waals surface area contributed by atoms with E-state index in [9.17, 15) is 8.78 Å². The van der Waals surface area contributed by atoms with Crippen LogP contribution in [0.4, 0.5) is 8.78 Å². The van der Waals surface area contributed by atoms with Crippen molar-refractivity contribution in [3.8, 4) is 0 Å². The maximum absolute atomic E-state index is 13.4. The van der Waals surface area contributed by atoms with Crippen LogP contribution in [0.15, 0.2) is 48.5 Å². The van der Waals surface area contributed by atoms with Crippen LogP contribution in [0.2, 0.25) is 0 Å². The van der Waals surface area contributed by atoms with Crippen LogP contribution < -0.4 is 0 Å². The maximum atomic E-state index is 13.4. The van der Waals surface area contributed by atoms with Crippen LogP contribution >= 0.6 is 11.6 Å². The lowest BCUT2D eigenvalue weighted by molar-refractivity contribution is 0.577. The summed E-state index contributed by atoms with van der Waals surface area (Å²) in [4.78, 5) is 0. The Balaban J connectivity index is 1.88. The first-order valence-electron chi connectivity index (χ1n) is 6.30. The molecule has 0 fully saturated rings. The summed E-state index contributed by atoms with van der Waals surface area (Å²) in [5, 5.41) is -0.0854. The molecule has 0 aliphatic carbocycles. The van der Waals surface area contributed by atoms with Gasteiger partial charge < -0.3 is 0 Å². The van der Waals surface area contributed by atoms with E-state index < -0.39 is 5.82 Å². The highest BCUT2D eigenvalue weighted by Crippen LogP contribution is 2.26. The summed E-state index contributed by atoms with van der Waals surface area (Å²) in [5.74, 6) is -0.755. The lowest BCUT2D eigenvalue weighted by atomic mass is 10.0. The standard InChI is InChI=1S/C16H15ClF2/c17-15(12-5-2-1-3-6-12)8-4-7-13-11-14(18)9-10-16(13)19/h1-3,5-6,9-11,15H,4,7-8H2. The van der Waals surface area contributed by atoms with Gasteiger partial charge in [-0.1, -0.05) is 30.3 Å². The van der Waals surface area contributed by atoms with Gasteiger partial charge in [0.1, 0.15) is 11.6 Å². The molecule has 100 valence electrons. The highest BCUT2D eigenvalue weighted by Gasteiger charge is 2.09. The fourth-order valence-electron chi connectivity index (χ4n) is 2.04. The first-order valence-corrected chi connectivity index (χ1v) is 6.73. The molecule has 0 aliphatic heterocycles. The highest BCUT2D eigenvalue weighted by molar-refractivity contribution is 6.20. The molecule has 0 bridgehead atoms. The van der Waals surface area contributed by atoms with Gasteiger partial charge in [0.2, 0.25) is 0 Å². The van der Waals surface area contributed by atoms with Gasteiger partial charge in [-0.15, -0.1) is 11.6 Å². The van der Waals surface area contributed by atoms with Crippen molar-refractivity contribution in [2.75, 3.05) is 0 Å². The van der Waals surface area contributed by atoms with Gasteiger partial charge in [0, 0.05) is 0 Å². The molecule has 1 atom stereocenters. The van der Waals surface area contributed by atoms with E-state index in [1.54, 1.807) is 0 Å². The van der Waals surface area contributed by atoms with Crippen molar-refractivity contribution in [3.63, 3.8) is 0 Å². The molecular formula is C16H15ClF2. The van der Waals surface area contributed by atoms with E-state index in [-0.39, 0.29) is 11.2 Å². The minimum absolute atomic E-state index is 0.0854. The van der Waals surface area contributed by atoms with Crippen molar-refractivity contribution in [2.45, 2.75) is 24.6 Å². The SMILES string of the molecule is Fc1ccc(F)c(CCCC(Cl)c2ccccc2)c1. The van der Waals surface area contributed by atoms with Gasteiger partial charge in [0.15, 0.2) is 0 Å². The Morgan fingerprint density at radius 1 is 1.00 bits per heavy atom. The van der Waals surface area contributed by atoms with Crippen molar-refractivity contribution >= 4 is 11.6 Å². The van der Waals surface area contributed by atoms with Gasteiger partial charge in [-0.2, -0.15) is 0 Å². The number of halogens is 3. The zero-order valence-corrected chi connectivity index (χ0v) is 11.2. The van der Waals surface area contributed by atoms with Crippen LogP contribution in [0, 0.1) is 11.6 Å². The molecule has 2 aromatic rings. The van der Waals surface area contributed by atoms with Gasteiger partial charge in [0.25, 0.3) is 0 Å². The van der Waals surface area contributed by atoms with E-state index in [0.717, 1.165) is 24.5 Å². The quantitative estimate of drug-likeness (QED) is 0.655. The number of aryl methyl sites for hydroxylation is 1. The number of benzene rings is 2. The molecule has 0 radical (unpaired) electrons. The summed E-state index contributed by atoms with van der Waals surface area (Å²) in [5.41, 5.74) is 1.47. The zero-order chi connectivity index (χ0) is 13.7. The van der Waals surface area contributed by atoms with Crippen molar-refractivity contribution in [2.24, 2.45) is 0 Å². The highest BCUT2D eigenvalue weighted by atomic mass is 35.5. The Hall–Kier alpha value is -1.41. The number of rotatable bonds is 5. The Morgan fingerprint density at radius 3 is 2.47 bits per heavy atom. The predicted octanol–water partition coefficient (Wildman–Crippen LogP) is 5.27. The van der Waals surface area contributed by atoms with Crippen LogP contribution in [0.25, 0.3) is 0 Å². The first kappa shape index (κ1) is 14.0. The molecule has 0 aromatic heterocycles. The molecule has 0 nitrogen and oxygen atoms in total. The van der Waals surface area contributed by atoms with Crippen molar-refractivity contribution in [1.29, 1.82) is 0 Å². The Labute approximate surface area is 117 Å². The topological polar surface area (TPSA) is 0 Å². The molecule has 3 heteroatoms. The zero-order valence-electron chi connectivity index (χ0n) is 10.5. The summed E-state index contributed by atoms with van der Waals surface area (Å²) in [6, 6.07) is 13.3. The van der Waals surface area contributed by atoms with E-state index in [4.69, 9.17) is 11.6 Å². The maximum Gasteiger partial charge on any atom is 0.126 e. The molecule has 2 rings (SSSR count). The monoisotopic (exact) mass is 280 g/mol. The van der Waals surface area contributed by atoms with Crippen molar-refractivity contribution in [1.82, 2.24) is 0 Å². The number of alkyl halides is 1. The van der Waals surface area contributed by atoms with Gasteiger partial charge in [-0.05, 0) is 48.6 Å². The molecule has 0 aliphatic rings. The molecule has 0 saturated carbocycles. The van der Waals surface area contributed by atoms with Crippen LogP contribution in [0.5, 0.6) is 0 Å². The smallest absolute Gasteiger partial charge is 0.126 e. The van der Waals surface area contributed by atoms with E-state index in [2.05, 4.69) is 0 Å². The summed E-state index contributed by atoms with van der Waals surface area (Å²) >= 11 is 6.28. The normalized spacial score (nSPS) is 12.4. The fraction of sp³-hybridized carbons (Fsp3) is 0.250. The molecule has 0 amide bonds. The molecule has 1 unspecified atom stereocenters. The van der Waals surface area contributed by atoms with E-state index in [1.807, 2.05) is 30.3 Å². The molecule has 19 heavy (non-hydrogen) atoms. The molecule has 2 aromatic carbocycles. The Bertz CT molecular complexity index is 526. The van der Waals surface area contributed by atoms with Gasteiger partial charge in [-0.3, -0.25) is 0 Å². The van der Waals surface area contributed by atoms with Gasteiger partial charge >= 0.3 is 0 Å². The fourth-order valence-corrected chi connectivity index (χ4v) is 2.33. The van der Waals surface area contributed by atoms with Crippen LogP contribution in [0.3, 0.4) is 0 Å². The Kier molecular flexibility index (Phi) is 4.92. The third kappa shape index (κ3) is 4.03. The summed E-state index contributed by atoms with van der Waals surface area (Å²) in [7, 11) is 0. The third-order valence-corrected chi connectivity index (χ3v) is 3.54. The van der Waals surface area contributed by atoms with Gasteiger partial charge in [-0.25, -0.2) is 8.78 Å². The second kappa shape index (κ2) is 6.67. The van der Waals surface area contributed by atoms with Crippen LogP contribution in [-0.4, -0.2) is 0 Å². The van der Waals surface area contributed by atoms with E-state index in [0.29, 0.717) is 12.0 Å². The summed E-state index contributed by atoms with van der Waals surface area (Å²) in [6.07, 6.45) is 1.96. The minimum atomic E-state index is -0.401. The van der Waals surface area contributed by atoms with Gasteiger partial charge in [0.05, 0.1) is 5.38 Å². The largest absolute Gasteiger partial charge is 0.207 e. The second-order valence-electron chi connectivity index (χ2n) is 4.51. The Morgan fingerprint density at radius 2 is 1.74 bits per heavy atom. The van der Waals surface area contributed by atoms with Crippen LogP contribution in [-0.2, 0) is 6.42 Å². The second-order valence-corrected chi connectivity index (χ2v) is 5.03. The molecule has 0 N–H and O–H groups in total. The average molecular weight is 281 g/mol. The lowest BCUT2D eigenvalue weighted by Crippen LogP contribution is -1.95. The van der Waals surface area contributed by atoms with Crippen molar-refractivity contribution in [3.05, 3.63) is 71.3 Å². The lowest BCUT2D eigenvalue weighted by Gasteiger charge is -2.10. The minimum Gasteiger partial charge on any atom is -0.207 e. The molecule has 0 heterocycles. The molecular weight excluding hydrogens is 266 g/mol. The van der Waals surface area contributed by atoms with E-state index >= 15 is 0 Å². The molecule has 0 spiro atoms. The summed E-state index contributed by atoms with van der Waals surface area (Å²) < 4.78 is 26.4. The number of hydrogen-bond donors (Lipinski definition) is 0. The average Bonchev–Trinajstić information content (AvgIpc) is 2.43.